The van der Waals surface area contributed by atoms with Crippen LogP contribution < -0.4 is 5.56 Å². The molecule has 0 N–H and O–H groups in total. The maximum atomic E-state index is 13.2. The van der Waals surface area contributed by atoms with E-state index in [1.807, 2.05) is 28.7 Å². The molecule has 2 aromatic carbocycles. The predicted molar refractivity (Wildman–Crippen MR) is 93.2 cm³/mol. The Morgan fingerprint density at radius 2 is 1.91 bits per heavy atom. The largest absolute Gasteiger partial charge is 0.274 e. The molecule has 0 fully saturated rings. The van der Waals surface area contributed by atoms with Gasteiger partial charge in [-0.25, -0.2) is 0 Å². The Morgan fingerprint density at radius 1 is 1.04 bits per heavy atom. The van der Waals surface area contributed by atoms with Gasteiger partial charge in [-0.2, -0.15) is 0 Å². The Morgan fingerprint density at radius 3 is 2.83 bits per heavy atom. The molecule has 23 heavy (non-hydrogen) atoms. The molecule has 0 atom stereocenters. The summed E-state index contributed by atoms with van der Waals surface area (Å²) in [6.07, 6.45) is 3.05. The van der Waals surface area contributed by atoms with Crippen LogP contribution in [0, 0.1) is 6.92 Å². The van der Waals surface area contributed by atoms with Crippen LogP contribution in [0.3, 0.4) is 0 Å². The maximum Gasteiger partial charge on any atom is 0.265 e. The van der Waals surface area contributed by atoms with Gasteiger partial charge in [0.15, 0.2) is 0 Å². The lowest BCUT2D eigenvalue weighted by Crippen LogP contribution is -2.10. The van der Waals surface area contributed by atoms with Gasteiger partial charge in [0.05, 0.1) is 27.6 Å². The van der Waals surface area contributed by atoms with Gasteiger partial charge >= 0.3 is 0 Å². The van der Waals surface area contributed by atoms with Crippen LogP contribution in [0.4, 0.5) is 0 Å². The van der Waals surface area contributed by atoms with E-state index in [1.54, 1.807) is 0 Å². The van der Waals surface area contributed by atoms with Gasteiger partial charge in [-0.05, 0) is 56.0 Å². The minimum absolute atomic E-state index is 0.0383. The molecule has 3 heteroatoms. The van der Waals surface area contributed by atoms with Crippen molar-refractivity contribution in [3.63, 3.8) is 0 Å². The van der Waals surface area contributed by atoms with E-state index in [0.717, 1.165) is 41.5 Å². The van der Waals surface area contributed by atoms with Crippen molar-refractivity contribution in [3.8, 4) is 0 Å². The number of hydrogen-bond donors (Lipinski definition) is 0. The van der Waals surface area contributed by atoms with Gasteiger partial charge in [-0.1, -0.05) is 23.8 Å². The van der Waals surface area contributed by atoms with E-state index >= 15 is 0 Å². The monoisotopic (exact) mass is 300 g/mol. The van der Waals surface area contributed by atoms with Crippen molar-refractivity contribution >= 4 is 27.3 Å². The Balaban J connectivity index is 2.19. The van der Waals surface area contributed by atoms with Crippen LogP contribution in [-0.4, -0.2) is 9.38 Å². The van der Waals surface area contributed by atoms with Crippen molar-refractivity contribution in [1.82, 2.24) is 9.38 Å². The van der Waals surface area contributed by atoms with Gasteiger partial charge in [0, 0.05) is 5.39 Å². The lowest BCUT2D eigenvalue weighted by atomic mass is 9.97. The normalized spacial score (nSPS) is 14.0. The molecule has 1 aliphatic rings. The van der Waals surface area contributed by atoms with E-state index in [-0.39, 0.29) is 5.56 Å². The van der Waals surface area contributed by atoms with Crippen molar-refractivity contribution in [2.75, 3.05) is 0 Å². The zero-order chi connectivity index (χ0) is 15.6. The third-order valence-corrected chi connectivity index (χ3v) is 4.93. The Kier molecular flexibility index (Phi) is 2.46. The van der Waals surface area contributed by atoms with E-state index in [0.29, 0.717) is 5.39 Å². The van der Waals surface area contributed by atoms with E-state index < -0.39 is 0 Å². The van der Waals surface area contributed by atoms with Crippen LogP contribution >= 0.6 is 0 Å². The molecule has 0 amide bonds. The van der Waals surface area contributed by atoms with Crippen molar-refractivity contribution in [1.29, 1.82) is 0 Å². The standard InChI is InChI=1S/C20H16N2O/c1-12-9-10-18-15(11-12)13-6-4-8-17-19(13)22(18)20(23)14-5-2-3-7-16(14)21-17/h2-3,5,7,9-11H,4,6,8H2,1H3. The second-order valence-corrected chi connectivity index (χ2v) is 6.42. The topological polar surface area (TPSA) is 34.4 Å². The number of aromatic nitrogens is 2. The fourth-order valence-electron chi connectivity index (χ4n) is 3.91. The minimum atomic E-state index is 0.0383. The summed E-state index contributed by atoms with van der Waals surface area (Å²) in [6.45, 7) is 2.10. The molecule has 4 aromatic rings. The Labute approximate surface area is 133 Å². The van der Waals surface area contributed by atoms with Crippen LogP contribution in [-0.2, 0) is 12.8 Å². The van der Waals surface area contributed by atoms with Gasteiger partial charge in [0.1, 0.15) is 0 Å². The van der Waals surface area contributed by atoms with Crippen LogP contribution in [0.15, 0.2) is 47.3 Å². The molecule has 1 aliphatic carbocycles. The highest BCUT2D eigenvalue weighted by Crippen LogP contribution is 2.33. The third kappa shape index (κ3) is 1.65. The smallest absolute Gasteiger partial charge is 0.265 e. The average molecular weight is 300 g/mol. The molecular formula is C20H16N2O. The average Bonchev–Trinajstić information content (AvgIpc) is 2.82. The molecule has 0 saturated carbocycles. The number of aryl methyl sites for hydroxylation is 3. The van der Waals surface area contributed by atoms with Crippen molar-refractivity contribution in [2.24, 2.45) is 0 Å². The van der Waals surface area contributed by atoms with Gasteiger partial charge in [-0.15, -0.1) is 0 Å². The summed E-state index contributed by atoms with van der Waals surface area (Å²) in [6, 6.07) is 14.0. The summed E-state index contributed by atoms with van der Waals surface area (Å²) in [5.41, 5.74) is 6.45. The number of rotatable bonds is 0. The van der Waals surface area contributed by atoms with E-state index in [9.17, 15) is 4.79 Å². The third-order valence-electron chi connectivity index (χ3n) is 4.93. The summed E-state index contributed by atoms with van der Waals surface area (Å²) in [7, 11) is 0. The van der Waals surface area contributed by atoms with E-state index in [1.165, 1.54) is 16.5 Å². The fourth-order valence-corrected chi connectivity index (χ4v) is 3.91. The SMILES string of the molecule is Cc1ccc2c(c1)c1c3c(nc4ccccc4c(=O)n32)CCC1. The van der Waals surface area contributed by atoms with Crippen molar-refractivity contribution in [2.45, 2.75) is 26.2 Å². The number of para-hydroxylation sites is 1. The van der Waals surface area contributed by atoms with Crippen molar-refractivity contribution < 1.29 is 0 Å². The van der Waals surface area contributed by atoms with Crippen LogP contribution in [0.1, 0.15) is 23.2 Å². The molecule has 2 aromatic heterocycles. The molecule has 0 aliphatic heterocycles. The zero-order valence-corrected chi connectivity index (χ0v) is 13.0. The number of nitrogens with zero attached hydrogens (tertiary/aromatic N) is 2. The summed E-state index contributed by atoms with van der Waals surface area (Å²) >= 11 is 0. The molecule has 2 heterocycles. The fraction of sp³-hybridized carbons (Fsp3) is 0.200. The predicted octanol–water partition coefficient (Wildman–Crippen LogP) is 3.80. The first kappa shape index (κ1) is 12.8. The van der Waals surface area contributed by atoms with Gasteiger partial charge in [0.25, 0.3) is 5.56 Å². The quantitative estimate of drug-likeness (QED) is 0.495. The number of fused-ring (bicyclic) bond motifs is 4. The minimum Gasteiger partial charge on any atom is -0.274 e. The maximum absolute atomic E-state index is 13.2. The molecule has 0 bridgehead atoms. The lowest BCUT2D eigenvalue weighted by Gasteiger charge is -2.09. The van der Waals surface area contributed by atoms with Crippen LogP contribution in [0.2, 0.25) is 0 Å². The summed E-state index contributed by atoms with van der Waals surface area (Å²) in [4.78, 5) is 18.1. The highest BCUT2D eigenvalue weighted by atomic mass is 16.1. The highest BCUT2D eigenvalue weighted by Gasteiger charge is 2.21. The van der Waals surface area contributed by atoms with Gasteiger partial charge < -0.3 is 0 Å². The Hall–Kier alpha value is -2.68. The lowest BCUT2D eigenvalue weighted by molar-refractivity contribution is 0.788. The summed E-state index contributed by atoms with van der Waals surface area (Å²) in [5.74, 6) is 0. The molecule has 112 valence electrons. The second kappa shape index (κ2) is 4.42. The first-order valence-corrected chi connectivity index (χ1v) is 8.09. The zero-order valence-electron chi connectivity index (χ0n) is 13.0. The summed E-state index contributed by atoms with van der Waals surface area (Å²) < 4.78 is 1.90. The first-order valence-electron chi connectivity index (χ1n) is 8.09. The van der Waals surface area contributed by atoms with E-state index in [4.69, 9.17) is 4.98 Å². The van der Waals surface area contributed by atoms with Gasteiger partial charge in [-0.3, -0.25) is 14.2 Å². The second-order valence-electron chi connectivity index (χ2n) is 6.42. The summed E-state index contributed by atoms with van der Waals surface area (Å²) in [5, 5.41) is 1.90. The van der Waals surface area contributed by atoms with Crippen LogP contribution in [0.5, 0.6) is 0 Å². The Bertz CT molecular complexity index is 1170. The first-order chi connectivity index (χ1) is 11.2. The molecule has 5 rings (SSSR count). The molecule has 3 nitrogen and oxygen atoms in total. The number of hydrogen-bond acceptors (Lipinski definition) is 2. The highest BCUT2D eigenvalue weighted by molar-refractivity contribution is 5.95. The molecular weight excluding hydrogens is 284 g/mol. The number of benzene rings is 2. The molecule has 0 spiro atoms. The van der Waals surface area contributed by atoms with E-state index in [2.05, 4.69) is 25.1 Å². The van der Waals surface area contributed by atoms with Crippen LogP contribution in [0.25, 0.3) is 27.3 Å². The molecule has 0 unspecified atom stereocenters. The molecule has 0 radical (unpaired) electrons. The van der Waals surface area contributed by atoms with Gasteiger partial charge in [0.2, 0.25) is 0 Å². The van der Waals surface area contributed by atoms with Crippen molar-refractivity contribution in [3.05, 3.63) is 69.6 Å². The molecule has 0 saturated heterocycles.